The van der Waals surface area contributed by atoms with E-state index >= 15 is 0 Å². The maximum Gasteiger partial charge on any atom is 0.255 e. The summed E-state index contributed by atoms with van der Waals surface area (Å²) in [4.78, 5) is 37.6. The highest BCUT2D eigenvalue weighted by atomic mass is 16.5. The number of fused-ring (bicyclic) bond motifs is 1. The van der Waals surface area contributed by atoms with Crippen molar-refractivity contribution in [3.8, 4) is 5.75 Å². The van der Waals surface area contributed by atoms with Gasteiger partial charge in [-0.25, -0.2) is 0 Å². The van der Waals surface area contributed by atoms with Crippen LogP contribution in [0.25, 0.3) is 0 Å². The van der Waals surface area contributed by atoms with E-state index in [4.69, 9.17) is 15.2 Å². The zero-order valence-electron chi connectivity index (χ0n) is 14.3. The summed E-state index contributed by atoms with van der Waals surface area (Å²) in [6.45, 7) is 1.42. The molecule has 8 heteroatoms. The van der Waals surface area contributed by atoms with Gasteiger partial charge in [0.15, 0.2) is 0 Å². The number of nitrogens with two attached hydrogens (primary N) is 1. The van der Waals surface area contributed by atoms with Gasteiger partial charge >= 0.3 is 0 Å². The Morgan fingerprint density at radius 2 is 2.08 bits per heavy atom. The van der Waals surface area contributed by atoms with Crippen LogP contribution < -0.4 is 15.8 Å². The summed E-state index contributed by atoms with van der Waals surface area (Å²) < 4.78 is 11.3. The molecule has 138 valence electrons. The summed E-state index contributed by atoms with van der Waals surface area (Å²) in [6, 6.07) is 4.53. The summed E-state index contributed by atoms with van der Waals surface area (Å²) >= 11 is 0. The van der Waals surface area contributed by atoms with E-state index in [9.17, 15) is 14.4 Å². The minimum absolute atomic E-state index is 0.120. The van der Waals surface area contributed by atoms with Gasteiger partial charge in [0.25, 0.3) is 5.91 Å². The lowest BCUT2D eigenvalue weighted by Gasteiger charge is -2.29. The monoisotopic (exact) mass is 359 g/mol. The van der Waals surface area contributed by atoms with Gasteiger partial charge in [-0.1, -0.05) is 0 Å². The van der Waals surface area contributed by atoms with Crippen molar-refractivity contribution in [3.05, 3.63) is 29.3 Å². The standard InChI is InChI=1S/C18H21N3O5/c19-13-9-25-6-5-15(13)26-11-1-2-12-10(7-11)8-21(18(12)24)14-3-4-16(22)20-17(14)23/h1-2,7,13-15H,3-6,8-9,19H2,(H,20,22,23). The predicted octanol–water partition coefficient (Wildman–Crippen LogP) is -0.0574. The highest BCUT2D eigenvalue weighted by molar-refractivity contribution is 6.05. The number of piperidine rings is 1. The number of carbonyl (C=O) groups excluding carboxylic acids is 3. The van der Waals surface area contributed by atoms with Crippen LogP contribution in [0.2, 0.25) is 0 Å². The van der Waals surface area contributed by atoms with Gasteiger partial charge < -0.3 is 20.1 Å². The number of imide groups is 1. The molecule has 0 radical (unpaired) electrons. The van der Waals surface area contributed by atoms with E-state index in [1.165, 1.54) is 4.90 Å². The molecule has 3 N–H and O–H groups in total. The molecule has 4 rings (SSSR count). The van der Waals surface area contributed by atoms with Crippen molar-refractivity contribution in [2.75, 3.05) is 13.2 Å². The number of carbonyl (C=O) groups is 3. The van der Waals surface area contributed by atoms with Gasteiger partial charge in [-0.05, 0) is 30.2 Å². The summed E-state index contributed by atoms with van der Waals surface area (Å²) in [6.07, 6.45) is 1.20. The fourth-order valence-electron chi connectivity index (χ4n) is 3.69. The molecule has 0 bridgehead atoms. The lowest BCUT2D eigenvalue weighted by molar-refractivity contribution is -0.136. The Hall–Kier alpha value is -2.45. The van der Waals surface area contributed by atoms with Crippen molar-refractivity contribution in [2.24, 2.45) is 5.73 Å². The van der Waals surface area contributed by atoms with Crippen molar-refractivity contribution in [2.45, 2.75) is 44.0 Å². The summed E-state index contributed by atoms with van der Waals surface area (Å²) in [5, 5.41) is 2.30. The second kappa shape index (κ2) is 6.69. The highest BCUT2D eigenvalue weighted by Crippen LogP contribution is 2.30. The lowest BCUT2D eigenvalue weighted by Crippen LogP contribution is -2.52. The fraction of sp³-hybridized carbons (Fsp3) is 0.500. The number of hydrogen-bond donors (Lipinski definition) is 2. The molecule has 2 fully saturated rings. The van der Waals surface area contributed by atoms with Gasteiger partial charge in [-0.15, -0.1) is 0 Å². The van der Waals surface area contributed by atoms with E-state index in [2.05, 4.69) is 5.32 Å². The second-order valence-corrected chi connectivity index (χ2v) is 6.90. The molecule has 1 aromatic rings. The number of nitrogens with one attached hydrogen (secondary N) is 1. The normalized spacial score (nSPS) is 28.7. The van der Waals surface area contributed by atoms with Gasteiger partial charge in [-0.3, -0.25) is 19.7 Å². The van der Waals surface area contributed by atoms with Gasteiger partial charge in [0.1, 0.15) is 17.9 Å². The van der Waals surface area contributed by atoms with Crippen LogP contribution in [0.4, 0.5) is 0 Å². The molecule has 26 heavy (non-hydrogen) atoms. The maximum absolute atomic E-state index is 12.7. The Morgan fingerprint density at radius 3 is 2.85 bits per heavy atom. The van der Waals surface area contributed by atoms with E-state index in [0.717, 1.165) is 12.0 Å². The molecule has 3 amide bonds. The summed E-state index contributed by atoms with van der Waals surface area (Å²) in [5.74, 6) is -0.237. The van der Waals surface area contributed by atoms with Gasteiger partial charge in [0.2, 0.25) is 11.8 Å². The van der Waals surface area contributed by atoms with Crippen LogP contribution in [0, 0.1) is 0 Å². The van der Waals surface area contributed by atoms with Crippen molar-refractivity contribution in [1.82, 2.24) is 10.2 Å². The van der Waals surface area contributed by atoms with Crippen molar-refractivity contribution >= 4 is 17.7 Å². The Labute approximate surface area is 150 Å². The third-order valence-corrected chi connectivity index (χ3v) is 5.12. The largest absolute Gasteiger partial charge is 0.489 e. The van der Waals surface area contributed by atoms with E-state index in [1.807, 2.05) is 6.07 Å². The SMILES string of the molecule is NC1COCCC1Oc1ccc2c(c1)CN(C1CCC(=O)NC1=O)C2=O. The fourth-order valence-corrected chi connectivity index (χ4v) is 3.69. The van der Waals surface area contributed by atoms with E-state index in [0.29, 0.717) is 37.5 Å². The Balaban J connectivity index is 1.49. The zero-order valence-corrected chi connectivity index (χ0v) is 14.3. The number of rotatable bonds is 3. The number of amides is 3. The van der Waals surface area contributed by atoms with Crippen LogP contribution in [-0.4, -0.2) is 54.0 Å². The molecule has 0 aliphatic carbocycles. The molecule has 1 aromatic carbocycles. The molecular formula is C18H21N3O5. The molecule has 2 saturated heterocycles. The Bertz CT molecular complexity index is 765. The number of nitrogens with zero attached hydrogens (tertiary/aromatic N) is 1. The van der Waals surface area contributed by atoms with Gasteiger partial charge in [-0.2, -0.15) is 0 Å². The first-order valence-electron chi connectivity index (χ1n) is 8.80. The zero-order chi connectivity index (χ0) is 18.3. The van der Waals surface area contributed by atoms with Crippen LogP contribution in [0.15, 0.2) is 18.2 Å². The van der Waals surface area contributed by atoms with Crippen LogP contribution in [-0.2, 0) is 20.9 Å². The number of ether oxygens (including phenoxy) is 2. The Kier molecular flexibility index (Phi) is 4.37. The Morgan fingerprint density at radius 1 is 1.23 bits per heavy atom. The molecule has 0 spiro atoms. The molecule has 8 nitrogen and oxygen atoms in total. The van der Waals surface area contributed by atoms with E-state index < -0.39 is 11.9 Å². The van der Waals surface area contributed by atoms with Crippen LogP contribution in [0.5, 0.6) is 5.75 Å². The van der Waals surface area contributed by atoms with Gasteiger partial charge in [0.05, 0.1) is 19.3 Å². The van der Waals surface area contributed by atoms with E-state index in [-0.39, 0.29) is 30.4 Å². The summed E-state index contributed by atoms with van der Waals surface area (Å²) in [5.41, 5.74) is 7.41. The highest BCUT2D eigenvalue weighted by Gasteiger charge is 2.39. The molecule has 3 aliphatic rings. The molecular weight excluding hydrogens is 338 g/mol. The van der Waals surface area contributed by atoms with Crippen molar-refractivity contribution < 1.29 is 23.9 Å². The third-order valence-electron chi connectivity index (χ3n) is 5.12. The minimum atomic E-state index is -0.610. The number of hydrogen-bond acceptors (Lipinski definition) is 6. The minimum Gasteiger partial charge on any atom is -0.489 e. The lowest BCUT2D eigenvalue weighted by atomic mass is 10.0. The smallest absolute Gasteiger partial charge is 0.255 e. The first-order valence-corrected chi connectivity index (χ1v) is 8.80. The first-order chi connectivity index (χ1) is 12.5. The molecule has 3 heterocycles. The van der Waals surface area contributed by atoms with Crippen molar-refractivity contribution in [3.63, 3.8) is 0 Å². The third kappa shape index (κ3) is 3.06. The van der Waals surface area contributed by atoms with Crippen LogP contribution >= 0.6 is 0 Å². The van der Waals surface area contributed by atoms with Crippen LogP contribution in [0.1, 0.15) is 35.2 Å². The molecule has 3 aliphatic heterocycles. The van der Waals surface area contributed by atoms with Gasteiger partial charge in [0, 0.05) is 24.9 Å². The van der Waals surface area contributed by atoms with Crippen LogP contribution in [0.3, 0.4) is 0 Å². The maximum atomic E-state index is 12.7. The molecule has 3 unspecified atom stereocenters. The second-order valence-electron chi connectivity index (χ2n) is 6.90. The molecule has 0 saturated carbocycles. The quantitative estimate of drug-likeness (QED) is 0.732. The average molecular weight is 359 g/mol. The van der Waals surface area contributed by atoms with E-state index in [1.54, 1.807) is 12.1 Å². The topological polar surface area (TPSA) is 111 Å². The molecule has 0 aromatic heterocycles. The average Bonchev–Trinajstić information content (AvgIpc) is 2.93. The summed E-state index contributed by atoms with van der Waals surface area (Å²) in [7, 11) is 0. The molecule has 3 atom stereocenters. The first kappa shape index (κ1) is 17.0. The van der Waals surface area contributed by atoms with Crippen molar-refractivity contribution in [1.29, 1.82) is 0 Å². The number of benzene rings is 1. The predicted molar refractivity (Wildman–Crippen MR) is 90.3 cm³/mol.